The largest absolute Gasteiger partial charge is 0.374 e. The molecular formula is C8H12ClNO2. The van der Waals surface area contributed by atoms with Crippen molar-refractivity contribution in [1.82, 2.24) is 4.90 Å². The molecule has 12 heavy (non-hydrogen) atoms. The van der Waals surface area contributed by atoms with Crippen LogP contribution in [0.2, 0.25) is 0 Å². The fraction of sp³-hybridized carbons (Fsp3) is 0.875. The number of hydrogen-bond acceptors (Lipinski definition) is 2. The Kier molecular flexibility index (Phi) is 2.24. The van der Waals surface area contributed by atoms with E-state index in [2.05, 4.69) is 0 Å². The lowest BCUT2D eigenvalue weighted by Crippen LogP contribution is -2.49. The first-order chi connectivity index (χ1) is 5.79. The summed E-state index contributed by atoms with van der Waals surface area (Å²) < 4.78 is 5.53. The SMILES string of the molecule is O=C(Cl)N1CCOC2CCCC21. The molecule has 1 heterocycles. The number of morpholine rings is 1. The zero-order valence-corrected chi connectivity index (χ0v) is 7.59. The number of rotatable bonds is 0. The van der Waals surface area contributed by atoms with Crippen LogP contribution in [0.15, 0.2) is 0 Å². The molecule has 1 saturated heterocycles. The van der Waals surface area contributed by atoms with Gasteiger partial charge in [0, 0.05) is 6.54 Å². The number of hydrogen-bond donors (Lipinski definition) is 0. The summed E-state index contributed by atoms with van der Waals surface area (Å²) in [5.74, 6) is 0. The highest BCUT2D eigenvalue weighted by molar-refractivity contribution is 6.62. The van der Waals surface area contributed by atoms with E-state index in [1.807, 2.05) is 0 Å². The molecule has 4 heteroatoms. The van der Waals surface area contributed by atoms with Gasteiger partial charge in [-0.05, 0) is 30.9 Å². The number of halogens is 1. The smallest absolute Gasteiger partial charge is 0.316 e. The van der Waals surface area contributed by atoms with Crippen LogP contribution in [-0.4, -0.2) is 35.6 Å². The molecule has 2 fully saturated rings. The van der Waals surface area contributed by atoms with E-state index in [1.165, 1.54) is 0 Å². The summed E-state index contributed by atoms with van der Waals surface area (Å²) in [5.41, 5.74) is 0. The molecule has 1 saturated carbocycles. The maximum Gasteiger partial charge on any atom is 0.316 e. The Labute approximate surface area is 76.6 Å². The van der Waals surface area contributed by atoms with Gasteiger partial charge >= 0.3 is 5.37 Å². The zero-order chi connectivity index (χ0) is 8.55. The summed E-state index contributed by atoms with van der Waals surface area (Å²) in [4.78, 5) is 12.7. The first kappa shape index (κ1) is 8.32. The van der Waals surface area contributed by atoms with Crippen LogP contribution in [0.5, 0.6) is 0 Å². The molecular weight excluding hydrogens is 178 g/mol. The summed E-state index contributed by atoms with van der Waals surface area (Å²) in [6, 6.07) is 0.253. The molecule has 0 aromatic heterocycles. The summed E-state index contributed by atoms with van der Waals surface area (Å²) in [6.07, 6.45) is 3.52. The monoisotopic (exact) mass is 189 g/mol. The molecule has 68 valence electrons. The van der Waals surface area contributed by atoms with Gasteiger partial charge in [-0.25, -0.2) is 0 Å². The van der Waals surface area contributed by atoms with Crippen LogP contribution in [0.4, 0.5) is 4.79 Å². The van der Waals surface area contributed by atoms with Gasteiger partial charge in [0.1, 0.15) is 0 Å². The second-order valence-electron chi connectivity index (χ2n) is 3.35. The molecule has 0 aromatic carbocycles. The Bertz CT molecular complexity index is 197. The molecule has 0 spiro atoms. The van der Waals surface area contributed by atoms with E-state index in [0.717, 1.165) is 19.3 Å². The number of nitrogens with zero attached hydrogens (tertiary/aromatic N) is 1. The van der Waals surface area contributed by atoms with Crippen molar-refractivity contribution in [1.29, 1.82) is 0 Å². The van der Waals surface area contributed by atoms with Gasteiger partial charge < -0.3 is 9.64 Å². The van der Waals surface area contributed by atoms with E-state index in [9.17, 15) is 4.79 Å². The summed E-state index contributed by atoms with van der Waals surface area (Å²) in [7, 11) is 0. The molecule has 0 bridgehead atoms. The molecule has 2 unspecified atom stereocenters. The first-order valence-electron chi connectivity index (χ1n) is 4.37. The van der Waals surface area contributed by atoms with Crippen LogP contribution in [0.25, 0.3) is 0 Å². The lowest BCUT2D eigenvalue weighted by molar-refractivity contribution is -0.0345. The van der Waals surface area contributed by atoms with Crippen molar-refractivity contribution < 1.29 is 9.53 Å². The number of carbonyl (C=O) groups excluding carboxylic acids is 1. The molecule has 1 aliphatic heterocycles. The average molecular weight is 190 g/mol. The van der Waals surface area contributed by atoms with Gasteiger partial charge in [-0.15, -0.1) is 0 Å². The predicted octanol–water partition coefficient (Wildman–Crippen LogP) is 1.60. The van der Waals surface area contributed by atoms with Crippen LogP contribution < -0.4 is 0 Å². The average Bonchev–Trinajstić information content (AvgIpc) is 2.49. The Morgan fingerprint density at radius 1 is 1.50 bits per heavy atom. The minimum absolute atomic E-state index is 0.251. The predicted molar refractivity (Wildman–Crippen MR) is 45.3 cm³/mol. The van der Waals surface area contributed by atoms with E-state index < -0.39 is 0 Å². The molecule has 2 rings (SSSR count). The maximum absolute atomic E-state index is 11.0. The Morgan fingerprint density at radius 2 is 2.33 bits per heavy atom. The van der Waals surface area contributed by atoms with Crippen molar-refractivity contribution >= 4 is 17.0 Å². The van der Waals surface area contributed by atoms with Crippen LogP contribution in [0, 0.1) is 0 Å². The van der Waals surface area contributed by atoms with E-state index >= 15 is 0 Å². The summed E-state index contributed by atoms with van der Waals surface area (Å²) >= 11 is 5.45. The Balaban J connectivity index is 2.08. The van der Waals surface area contributed by atoms with Crippen LogP contribution >= 0.6 is 11.6 Å². The third kappa shape index (κ3) is 1.31. The van der Waals surface area contributed by atoms with Gasteiger partial charge in [-0.1, -0.05) is 0 Å². The third-order valence-corrected chi connectivity index (χ3v) is 2.93. The summed E-state index contributed by atoms with van der Waals surface area (Å²) in [6.45, 7) is 1.29. The van der Waals surface area contributed by atoms with Crippen molar-refractivity contribution in [2.75, 3.05) is 13.2 Å². The molecule has 1 amide bonds. The number of fused-ring (bicyclic) bond motifs is 1. The fourth-order valence-corrected chi connectivity index (χ4v) is 2.35. The Morgan fingerprint density at radius 3 is 3.08 bits per heavy atom. The highest BCUT2D eigenvalue weighted by atomic mass is 35.5. The lowest BCUT2D eigenvalue weighted by atomic mass is 10.1. The highest BCUT2D eigenvalue weighted by Gasteiger charge is 2.37. The quantitative estimate of drug-likeness (QED) is 0.428. The van der Waals surface area contributed by atoms with Crippen molar-refractivity contribution in [2.45, 2.75) is 31.4 Å². The standard InChI is InChI=1S/C8H12ClNO2/c9-8(11)10-4-5-12-7-3-1-2-6(7)10/h6-7H,1-5H2. The van der Waals surface area contributed by atoms with E-state index in [1.54, 1.807) is 4.90 Å². The van der Waals surface area contributed by atoms with E-state index in [0.29, 0.717) is 13.2 Å². The molecule has 2 atom stereocenters. The minimum atomic E-state index is -0.324. The van der Waals surface area contributed by atoms with Gasteiger partial charge in [-0.3, -0.25) is 4.79 Å². The van der Waals surface area contributed by atoms with Gasteiger partial charge in [0.15, 0.2) is 0 Å². The number of amides is 1. The lowest BCUT2D eigenvalue weighted by Gasteiger charge is -2.36. The van der Waals surface area contributed by atoms with Crippen LogP contribution in [0.3, 0.4) is 0 Å². The molecule has 2 aliphatic rings. The minimum Gasteiger partial charge on any atom is -0.374 e. The second kappa shape index (κ2) is 3.23. The summed E-state index contributed by atoms with van der Waals surface area (Å²) in [5, 5.41) is -0.324. The van der Waals surface area contributed by atoms with E-state index in [-0.39, 0.29) is 17.5 Å². The van der Waals surface area contributed by atoms with Crippen molar-refractivity contribution in [3.05, 3.63) is 0 Å². The van der Waals surface area contributed by atoms with Crippen molar-refractivity contribution in [3.8, 4) is 0 Å². The van der Waals surface area contributed by atoms with E-state index in [4.69, 9.17) is 16.3 Å². The van der Waals surface area contributed by atoms with Gasteiger partial charge in [0.2, 0.25) is 0 Å². The maximum atomic E-state index is 11.0. The fourth-order valence-electron chi connectivity index (χ4n) is 2.14. The second-order valence-corrected chi connectivity index (χ2v) is 3.68. The topological polar surface area (TPSA) is 29.5 Å². The molecule has 3 nitrogen and oxygen atoms in total. The molecule has 0 N–H and O–H groups in total. The number of ether oxygens (including phenoxy) is 1. The highest BCUT2D eigenvalue weighted by Crippen LogP contribution is 2.30. The third-order valence-electron chi connectivity index (χ3n) is 2.71. The molecule has 0 aromatic rings. The Hall–Kier alpha value is -0.280. The van der Waals surface area contributed by atoms with Gasteiger partial charge in [0.05, 0.1) is 18.8 Å². The van der Waals surface area contributed by atoms with Crippen LogP contribution in [-0.2, 0) is 4.74 Å². The van der Waals surface area contributed by atoms with Crippen LogP contribution in [0.1, 0.15) is 19.3 Å². The molecule has 0 radical (unpaired) electrons. The normalized spacial score (nSPS) is 34.9. The zero-order valence-electron chi connectivity index (χ0n) is 6.83. The first-order valence-corrected chi connectivity index (χ1v) is 4.74. The van der Waals surface area contributed by atoms with Crippen molar-refractivity contribution in [2.24, 2.45) is 0 Å². The molecule has 1 aliphatic carbocycles. The number of carbonyl (C=O) groups is 1. The van der Waals surface area contributed by atoms with Gasteiger partial charge in [-0.2, -0.15) is 0 Å². The van der Waals surface area contributed by atoms with Gasteiger partial charge in [0.25, 0.3) is 0 Å². The van der Waals surface area contributed by atoms with Crippen molar-refractivity contribution in [3.63, 3.8) is 0 Å².